The summed E-state index contributed by atoms with van der Waals surface area (Å²) in [6, 6.07) is 39.7. The number of fused-ring (bicyclic) bond motifs is 9. The molecule has 6 aromatic carbocycles. The molecule has 2 atom stereocenters. The van der Waals surface area contributed by atoms with Crippen molar-refractivity contribution in [1.82, 2.24) is 0 Å². The molecule has 0 bridgehead atoms. The quantitative estimate of drug-likeness (QED) is 0.177. The van der Waals surface area contributed by atoms with Gasteiger partial charge in [0.15, 0.2) is 0 Å². The van der Waals surface area contributed by atoms with Gasteiger partial charge >= 0.3 is 0 Å². The van der Waals surface area contributed by atoms with Gasteiger partial charge in [0.2, 0.25) is 0 Å². The molecular formula is C46H34. The zero-order valence-corrected chi connectivity index (χ0v) is 25.9. The van der Waals surface area contributed by atoms with E-state index in [1.165, 1.54) is 126 Å². The molecule has 0 amide bonds. The Balaban J connectivity index is 1.18. The Bertz CT molecular complexity index is 2450. The summed E-state index contributed by atoms with van der Waals surface area (Å²) in [6.45, 7) is 0. The molecule has 11 rings (SSSR count). The first kappa shape index (κ1) is 25.3. The fourth-order valence-electron chi connectivity index (χ4n) is 9.86. The van der Waals surface area contributed by atoms with Gasteiger partial charge in [-0.25, -0.2) is 0 Å². The summed E-state index contributed by atoms with van der Waals surface area (Å²) < 4.78 is 0. The second-order valence-electron chi connectivity index (χ2n) is 14.2. The maximum atomic E-state index is 2.56. The van der Waals surface area contributed by atoms with Gasteiger partial charge in [-0.15, -0.1) is 0 Å². The molecule has 0 heterocycles. The summed E-state index contributed by atoms with van der Waals surface area (Å²) in [5.41, 5.74) is 16.1. The molecule has 0 radical (unpaired) electrons. The lowest BCUT2D eigenvalue weighted by Gasteiger charge is -2.30. The van der Waals surface area contributed by atoms with Crippen molar-refractivity contribution in [3.05, 3.63) is 155 Å². The maximum absolute atomic E-state index is 2.56. The highest BCUT2D eigenvalue weighted by Gasteiger charge is 2.48. The number of allylic oxidation sites excluding steroid dienone is 8. The minimum absolute atomic E-state index is 0.358. The van der Waals surface area contributed by atoms with Gasteiger partial charge in [-0.1, -0.05) is 116 Å². The lowest BCUT2D eigenvalue weighted by Crippen LogP contribution is -2.17. The first-order chi connectivity index (χ1) is 22.8. The molecule has 0 saturated heterocycles. The minimum atomic E-state index is 0.358. The maximum Gasteiger partial charge on any atom is 0.0212 e. The van der Waals surface area contributed by atoms with Crippen LogP contribution in [0.5, 0.6) is 0 Å². The summed E-state index contributed by atoms with van der Waals surface area (Å²) in [7, 11) is 0. The monoisotopic (exact) mass is 586 g/mol. The van der Waals surface area contributed by atoms with Gasteiger partial charge < -0.3 is 0 Å². The van der Waals surface area contributed by atoms with Crippen molar-refractivity contribution in [1.29, 1.82) is 0 Å². The van der Waals surface area contributed by atoms with Crippen molar-refractivity contribution in [2.75, 3.05) is 0 Å². The van der Waals surface area contributed by atoms with E-state index in [2.05, 4.69) is 127 Å². The Morgan fingerprint density at radius 1 is 0.413 bits per heavy atom. The molecule has 2 unspecified atom stereocenters. The SMILES string of the molecule is C1=C2c3cc4ccccc4cc3C3=CC=C4c5c(cc6cc7ccccc7cc6c5-c5cccc(C6CCCCC6)c5)C(=C1)C4C23. The van der Waals surface area contributed by atoms with E-state index in [1.807, 2.05) is 0 Å². The largest absolute Gasteiger partial charge is 0.0616 e. The normalized spacial score (nSPS) is 21.0. The average molecular weight is 587 g/mol. The van der Waals surface area contributed by atoms with Gasteiger partial charge in [0.1, 0.15) is 0 Å². The molecular weight excluding hydrogens is 553 g/mol. The number of rotatable bonds is 2. The predicted molar refractivity (Wildman–Crippen MR) is 196 cm³/mol. The summed E-state index contributed by atoms with van der Waals surface area (Å²) in [6.07, 6.45) is 16.6. The van der Waals surface area contributed by atoms with E-state index >= 15 is 0 Å². The molecule has 5 aliphatic rings. The molecule has 1 fully saturated rings. The lowest BCUT2D eigenvalue weighted by atomic mass is 9.72. The molecule has 46 heavy (non-hydrogen) atoms. The molecule has 0 nitrogen and oxygen atoms in total. The van der Waals surface area contributed by atoms with E-state index < -0.39 is 0 Å². The standard InChI is InChI=1S/C46H34/c1-2-9-27(10-3-1)28-15-8-16-33(21-28)43-39-23-30-12-5-4-11-29(30)22-34(39)26-42-37-18-17-35-40-24-31-13-6-7-14-32(31)25-41(40)36-19-20-38(46(42)43)45(37)44(35)36/h4-8,11-27,44-45H,1-3,9-10H2. The highest BCUT2D eigenvalue weighted by atomic mass is 14.5. The first-order valence-electron chi connectivity index (χ1n) is 17.3. The number of hydrogen-bond donors (Lipinski definition) is 0. The average Bonchev–Trinajstić information content (AvgIpc) is 3.60. The van der Waals surface area contributed by atoms with E-state index in [0.717, 1.165) is 0 Å². The van der Waals surface area contributed by atoms with Crippen molar-refractivity contribution in [3.8, 4) is 11.1 Å². The Morgan fingerprint density at radius 2 is 0.978 bits per heavy atom. The van der Waals surface area contributed by atoms with Gasteiger partial charge in [0.25, 0.3) is 0 Å². The van der Waals surface area contributed by atoms with Crippen LogP contribution in [0, 0.1) is 11.8 Å². The third-order valence-electron chi connectivity index (χ3n) is 11.9. The van der Waals surface area contributed by atoms with E-state index in [4.69, 9.17) is 0 Å². The van der Waals surface area contributed by atoms with E-state index in [0.29, 0.717) is 17.8 Å². The van der Waals surface area contributed by atoms with Crippen molar-refractivity contribution < 1.29 is 0 Å². The van der Waals surface area contributed by atoms with Crippen LogP contribution in [0.1, 0.15) is 65.8 Å². The van der Waals surface area contributed by atoms with E-state index in [-0.39, 0.29) is 0 Å². The number of hydrogen-bond acceptors (Lipinski definition) is 0. The second-order valence-corrected chi connectivity index (χ2v) is 14.2. The van der Waals surface area contributed by atoms with Crippen molar-refractivity contribution in [2.45, 2.75) is 38.0 Å². The third-order valence-corrected chi connectivity index (χ3v) is 11.9. The first-order valence-corrected chi connectivity index (χ1v) is 17.3. The Labute approximate surface area is 270 Å². The van der Waals surface area contributed by atoms with Crippen molar-refractivity contribution >= 4 is 54.6 Å². The van der Waals surface area contributed by atoms with Crippen LogP contribution in [-0.2, 0) is 0 Å². The van der Waals surface area contributed by atoms with Crippen molar-refractivity contribution in [2.24, 2.45) is 11.8 Å². The van der Waals surface area contributed by atoms with Crippen LogP contribution < -0.4 is 0 Å². The Morgan fingerprint density at radius 3 is 1.67 bits per heavy atom. The summed E-state index contributed by atoms with van der Waals surface area (Å²) in [4.78, 5) is 0. The zero-order valence-electron chi connectivity index (χ0n) is 25.9. The topological polar surface area (TPSA) is 0 Å². The highest BCUT2D eigenvalue weighted by Crippen LogP contribution is 2.64. The third kappa shape index (κ3) is 3.40. The van der Waals surface area contributed by atoms with E-state index in [9.17, 15) is 0 Å². The molecule has 0 heteroatoms. The zero-order chi connectivity index (χ0) is 29.9. The highest BCUT2D eigenvalue weighted by molar-refractivity contribution is 6.17. The Hall–Kier alpha value is -4.94. The van der Waals surface area contributed by atoms with Crippen LogP contribution in [-0.4, -0.2) is 0 Å². The molecule has 0 spiro atoms. The molecule has 1 saturated carbocycles. The summed E-state index contributed by atoms with van der Waals surface area (Å²) in [5, 5.41) is 8.02. The predicted octanol–water partition coefficient (Wildman–Crippen LogP) is 12.4. The summed E-state index contributed by atoms with van der Waals surface area (Å²) >= 11 is 0. The van der Waals surface area contributed by atoms with Crippen LogP contribution in [0.3, 0.4) is 0 Å². The van der Waals surface area contributed by atoms with Crippen LogP contribution >= 0.6 is 0 Å². The molecule has 218 valence electrons. The fraction of sp³-hybridized carbons (Fsp3) is 0.174. The molecule has 0 N–H and O–H groups in total. The molecule has 0 aromatic heterocycles. The minimum Gasteiger partial charge on any atom is -0.0616 e. The van der Waals surface area contributed by atoms with Crippen LogP contribution in [0.4, 0.5) is 0 Å². The lowest BCUT2D eigenvalue weighted by molar-refractivity contribution is 0.444. The van der Waals surface area contributed by atoms with Gasteiger partial charge in [-0.05, 0) is 143 Å². The van der Waals surface area contributed by atoms with Crippen LogP contribution in [0.25, 0.3) is 65.7 Å². The fourth-order valence-corrected chi connectivity index (χ4v) is 9.86. The Kier molecular flexibility index (Phi) is 5.11. The molecule has 6 aromatic rings. The van der Waals surface area contributed by atoms with Gasteiger partial charge in [-0.2, -0.15) is 0 Å². The van der Waals surface area contributed by atoms with Gasteiger partial charge in [-0.3, -0.25) is 0 Å². The van der Waals surface area contributed by atoms with Gasteiger partial charge in [0.05, 0.1) is 0 Å². The van der Waals surface area contributed by atoms with Gasteiger partial charge in [0, 0.05) is 11.8 Å². The van der Waals surface area contributed by atoms with Crippen molar-refractivity contribution in [3.63, 3.8) is 0 Å². The van der Waals surface area contributed by atoms with Crippen LogP contribution in [0.2, 0.25) is 0 Å². The molecule has 5 aliphatic carbocycles. The smallest absolute Gasteiger partial charge is 0.0212 e. The van der Waals surface area contributed by atoms with Crippen LogP contribution in [0.15, 0.2) is 127 Å². The van der Waals surface area contributed by atoms with E-state index in [1.54, 1.807) is 0 Å². The second kappa shape index (κ2) is 9.30. The summed E-state index contributed by atoms with van der Waals surface area (Å²) in [5.74, 6) is 1.42. The number of benzene rings is 6. The molecule has 0 aliphatic heterocycles.